The number of benzene rings is 2. The van der Waals surface area contributed by atoms with Crippen LogP contribution in [0.5, 0.6) is 5.75 Å². The molecule has 0 unspecified atom stereocenters. The number of aromatic nitrogens is 2. The number of esters is 1. The van der Waals surface area contributed by atoms with E-state index >= 15 is 0 Å². The maximum absolute atomic E-state index is 12.4. The molecule has 0 spiro atoms. The number of hydrogen-bond acceptors (Lipinski definition) is 8. The molecule has 152 valence electrons. The number of ether oxygens (including phenoxy) is 2. The largest absolute Gasteiger partial charge is 0.497 e. The van der Waals surface area contributed by atoms with Crippen molar-refractivity contribution in [3.63, 3.8) is 0 Å². The fourth-order valence-corrected chi connectivity index (χ4v) is 3.21. The van der Waals surface area contributed by atoms with Crippen LogP contribution in [0.4, 0.5) is 0 Å². The van der Waals surface area contributed by atoms with Gasteiger partial charge in [-0.05, 0) is 56.4 Å². The van der Waals surface area contributed by atoms with Crippen molar-refractivity contribution in [3.8, 4) is 17.2 Å². The van der Waals surface area contributed by atoms with Crippen molar-refractivity contribution in [3.05, 3.63) is 60.0 Å². The Labute approximate surface area is 167 Å². The average Bonchev–Trinajstić information content (AvgIpc) is 3.24. The predicted molar refractivity (Wildman–Crippen MR) is 103 cm³/mol. The van der Waals surface area contributed by atoms with Crippen LogP contribution in [0.2, 0.25) is 0 Å². The van der Waals surface area contributed by atoms with Crippen LogP contribution in [0.3, 0.4) is 0 Å². The normalized spacial score (nSPS) is 12.4. The minimum atomic E-state index is -3.67. The van der Waals surface area contributed by atoms with Gasteiger partial charge in [0.05, 0.1) is 17.6 Å². The molecule has 1 heterocycles. The highest BCUT2D eigenvalue weighted by atomic mass is 32.2. The van der Waals surface area contributed by atoms with Crippen molar-refractivity contribution in [2.24, 2.45) is 0 Å². The fraction of sp³-hybridized carbons (Fsp3) is 0.211. The van der Waals surface area contributed by atoms with E-state index in [0.717, 1.165) is 0 Å². The van der Waals surface area contributed by atoms with E-state index in [1.54, 1.807) is 38.3 Å². The van der Waals surface area contributed by atoms with E-state index in [4.69, 9.17) is 13.9 Å². The molecule has 0 aliphatic rings. The first-order valence-electron chi connectivity index (χ1n) is 8.56. The molecule has 0 amide bonds. The molecule has 10 heteroatoms. The van der Waals surface area contributed by atoms with Gasteiger partial charge in [-0.25, -0.2) is 17.9 Å². The van der Waals surface area contributed by atoms with Crippen LogP contribution in [-0.4, -0.2) is 38.7 Å². The standard InChI is InChI=1S/C19H19N3O6S/c1-12(17-21-22-18(28-17)13-7-9-15(26-3)10-8-13)27-19(23)14-5-4-6-16(11-14)29(24,25)20-2/h4-12,20H,1-3H3/t12-/m0/s1. The van der Waals surface area contributed by atoms with Gasteiger partial charge in [-0.1, -0.05) is 6.07 Å². The van der Waals surface area contributed by atoms with Gasteiger partial charge in [0.15, 0.2) is 6.10 Å². The molecular weight excluding hydrogens is 398 g/mol. The first kappa shape index (κ1) is 20.5. The van der Waals surface area contributed by atoms with E-state index in [-0.39, 0.29) is 22.2 Å². The molecule has 3 rings (SSSR count). The Kier molecular flexibility index (Phi) is 5.95. The van der Waals surface area contributed by atoms with Crippen molar-refractivity contribution in [1.29, 1.82) is 0 Å². The molecule has 1 atom stereocenters. The molecule has 0 bridgehead atoms. The topological polar surface area (TPSA) is 121 Å². The molecule has 9 nitrogen and oxygen atoms in total. The third kappa shape index (κ3) is 4.61. The molecular formula is C19H19N3O6S. The van der Waals surface area contributed by atoms with Crippen LogP contribution in [-0.2, 0) is 14.8 Å². The third-order valence-corrected chi connectivity index (χ3v) is 5.47. The maximum atomic E-state index is 12.4. The van der Waals surface area contributed by atoms with Gasteiger partial charge in [0.1, 0.15) is 5.75 Å². The highest BCUT2D eigenvalue weighted by Crippen LogP contribution is 2.25. The lowest BCUT2D eigenvalue weighted by Crippen LogP contribution is -2.19. The third-order valence-electron chi connectivity index (χ3n) is 4.06. The summed E-state index contributed by atoms with van der Waals surface area (Å²) in [6.07, 6.45) is -0.827. The number of methoxy groups -OCH3 is 1. The summed E-state index contributed by atoms with van der Waals surface area (Å²) in [5.41, 5.74) is 0.774. The van der Waals surface area contributed by atoms with Gasteiger partial charge in [0.25, 0.3) is 5.89 Å². The summed E-state index contributed by atoms with van der Waals surface area (Å²) in [6, 6.07) is 12.6. The van der Waals surface area contributed by atoms with Crippen molar-refractivity contribution in [1.82, 2.24) is 14.9 Å². The quantitative estimate of drug-likeness (QED) is 0.582. The molecule has 29 heavy (non-hydrogen) atoms. The first-order chi connectivity index (χ1) is 13.8. The van der Waals surface area contributed by atoms with E-state index in [1.165, 1.54) is 31.3 Å². The number of sulfonamides is 1. The number of hydrogen-bond donors (Lipinski definition) is 1. The van der Waals surface area contributed by atoms with E-state index in [1.807, 2.05) is 0 Å². The summed E-state index contributed by atoms with van der Waals surface area (Å²) >= 11 is 0. The molecule has 0 aliphatic carbocycles. The molecule has 3 aromatic rings. The predicted octanol–water partition coefficient (Wildman–Crippen LogP) is 2.57. The van der Waals surface area contributed by atoms with E-state index in [0.29, 0.717) is 11.3 Å². The minimum Gasteiger partial charge on any atom is -0.497 e. The van der Waals surface area contributed by atoms with Crippen LogP contribution in [0, 0.1) is 0 Å². The van der Waals surface area contributed by atoms with Gasteiger partial charge in [-0.15, -0.1) is 10.2 Å². The van der Waals surface area contributed by atoms with Gasteiger partial charge < -0.3 is 13.9 Å². The molecule has 0 aliphatic heterocycles. The molecule has 1 N–H and O–H groups in total. The Bertz CT molecular complexity index is 1110. The Morgan fingerprint density at radius 1 is 1.14 bits per heavy atom. The molecule has 1 aromatic heterocycles. The second-order valence-electron chi connectivity index (χ2n) is 5.96. The Hall–Kier alpha value is -3.24. The highest BCUT2D eigenvalue weighted by molar-refractivity contribution is 7.89. The summed E-state index contributed by atoms with van der Waals surface area (Å²) in [5.74, 6) is 0.365. The lowest BCUT2D eigenvalue weighted by Gasteiger charge is -2.10. The van der Waals surface area contributed by atoms with E-state index < -0.39 is 22.1 Å². The zero-order valence-corrected chi connectivity index (χ0v) is 16.8. The van der Waals surface area contributed by atoms with Crippen LogP contribution in [0.15, 0.2) is 57.8 Å². The van der Waals surface area contributed by atoms with E-state index in [2.05, 4.69) is 14.9 Å². The van der Waals surface area contributed by atoms with Crippen LogP contribution < -0.4 is 9.46 Å². The lowest BCUT2D eigenvalue weighted by molar-refractivity contribution is 0.0279. The first-order valence-corrected chi connectivity index (χ1v) is 10.0. The molecule has 0 saturated carbocycles. The summed E-state index contributed by atoms with van der Waals surface area (Å²) in [6.45, 7) is 1.58. The van der Waals surface area contributed by atoms with Crippen LogP contribution in [0.25, 0.3) is 11.5 Å². The van der Waals surface area contributed by atoms with Gasteiger partial charge >= 0.3 is 5.97 Å². The summed E-state index contributed by atoms with van der Waals surface area (Å²) in [5, 5.41) is 7.89. The Balaban J connectivity index is 1.73. The Morgan fingerprint density at radius 2 is 1.86 bits per heavy atom. The molecule has 2 aromatic carbocycles. The number of rotatable bonds is 7. The maximum Gasteiger partial charge on any atom is 0.338 e. The summed E-state index contributed by atoms with van der Waals surface area (Å²) in [4.78, 5) is 12.4. The summed E-state index contributed by atoms with van der Waals surface area (Å²) < 4.78 is 42.0. The molecule has 0 radical (unpaired) electrons. The number of nitrogens with zero attached hydrogens (tertiary/aromatic N) is 2. The molecule has 0 fully saturated rings. The van der Waals surface area contributed by atoms with Crippen LogP contribution in [0.1, 0.15) is 29.3 Å². The SMILES string of the molecule is CNS(=O)(=O)c1cccc(C(=O)O[C@@H](C)c2nnc(-c3ccc(OC)cc3)o2)c1. The van der Waals surface area contributed by atoms with Crippen molar-refractivity contribution >= 4 is 16.0 Å². The fourth-order valence-electron chi connectivity index (χ4n) is 2.44. The number of nitrogens with one attached hydrogen (secondary N) is 1. The zero-order chi connectivity index (χ0) is 21.0. The second kappa shape index (κ2) is 8.41. The zero-order valence-electron chi connectivity index (χ0n) is 15.9. The monoisotopic (exact) mass is 417 g/mol. The summed E-state index contributed by atoms with van der Waals surface area (Å²) in [7, 11) is -0.816. The van der Waals surface area contributed by atoms with Crippen molar-refractivity contribution in [2.45, 2.75) is 17.9 Å². The highest BCUT2D eigenvalue weighted by Gasteiger charge is 2.21. The van der Waals surface area contributed by atoms with Gasteiger partial charge in [0.2, 0.25) is 15.9 Å². The minimum absolute atomic E-state index is 0.0401. The smallest absolute Gasteiger partial charge is 0.338 e. The Morgan fingerprint density at radius 3 is 2.52 bits per heavy atom. The van der Waals surface area contributed by atoms with E-state index in [9.17, 15) is 13.2 Å². The van der Waals surface area contributed by atoms with Crippen LogP contribution >= 0.6 is 0 Å². The second-order valence-corrected chi connectivity index (χ2v) is 7.84. The van der Waals surface area contributed by atoms with Gasteiger partial charge in [-0.2, -0.15) is 0 Å². The van der Waals surface area contributed by atoms with Crippen molar-refractivity contribution < 1.29 is 27.1 Å². The van der Waals surface area contributed by atoms with Gasteiger partial charge in [-0.3, -0.25) is 0 Å². The van der Waals surface area contributed by atoms with Gasteiger partial charge in [0, 0.05) is 5.56 Å². The number of carbonyl (C=O) groups excluding carboxylic acids is 1. The molecule has 0 saturated heterocycles. The lowest BCUT2D eigenvalue weighted by atomic mass is 10.2. The number of carbonyl (C=O) groups is 1. The average molecular weight is 417 g/mol. The van der Waals surface area contributed by atoms with Crippen molar-refractivity contribution in [2.75, 3.05) is 14.2 Å².